The zero-order valence-corrected chi connectivity index (χ0v) is 15.8. The topological polar surface area (TPSA) is 69.6 Å². The number of nitrogens with zero attached hydrogens (tertiary/aromatic N) is 1. The summed E-state index contributed by atoms with van der Waals surface area (Å²) in [6, 6.07) is 16.1. The van der Waals surface area contributed by atoms with Gasteiger partial charge < -0.3 is 10.4 Å². The molecule has 2 aromatic carbocycles. The van der Waals surface area contributed by atoms with E-state index in [4.69, 9.17) is 17.3 Å². The number of rotatable bonds is 6. The van der Waals surface area contributed by atoms with Gasteiger partial charge in [-0.25, -0.2) is 4.79 Å². The number of thiocarbonyl (C=S) groups is 1. The number of nitrogens with one attached hydrogen (secondary N) is 1. The van der Waals surface area contributed by atoms with Crippen LogP contribution in [0.25, 0.3) is 6.08 Å². The smallest absolute Gasteiger partial charge is 0.335 e. The van der Waals surface area contributed by atoms with Gasteiger partial charge in [-0.05, 0) is 35.9 Å². The summed E-state index contributed by atoms with van der Waals surface area (Å²) in [6.45, 7) is 0.219. The van der Waals surface area contributed by atoms with Crippen molar-refractivity contribution >= 4 is 51.9 Å². The Morgan fingerprint density at radius 1 is 1.15 bits per heavy atom. The van der Waals surface area contributed by atoms with Crippen molar-refractivity contribution in [1.82, 2.24) is 4.90 Å². The van der Waals surface area contributed by atoms with Crippen molar-refractivity contribution in [2.75, 3.05) is 12.0 Å². The summed E-state index contributed by atoms with van der Waals surface area (Å²) in [5.74, 6) is -1.13. The lowest BCUT2D eigenvalue weighted by Crippen LogP contribution is -2.33. The van der Waals surface area contributed by atoms with Crippen molar-refractivity contribution in [3.8, 4) is 0 Å². The second-order valence-corrected chi connectivity index (χ2v) is 7.30. The van der Waals surface area contributed by atoms with Crippen LogP contribution < -0.4 is 5.32 Å². The van der Waals surface area contributed by atoms with Crippen LogP contribution in [0.3, 0.4) is 0 Å². The first kappa shape index (κ1) is 18.9. The highest BCUT2D eigenvalue weighted by atomic mass is 32.2. The Morgan fingerprint density at radius 2 is 1.85 bits per heavy atom. The molecule has 27 heavy (non-hydrogen) atoms. The van der Waals surface area contributed by atoms with Gasteiger partial charge in [-0.15, -0.1) is 0 Å². The highest BCUT2D eigenvalue weighted by Gasteiger charge is 2.31. The molecule has 1 fully saturated rings. The Hall–Kier alpha value is -2.90. The van der Waals surface area contributed by atoms with E-state index in [2.05, 4.69) is 5.32 Å². The van der Waals surface area contributed by atoms with Gasteiger partial charge in [0.25, 0.3) is 5.91 Å². The van der Waals surface area contributed by atoms with E-state index in [1.807, 2.05) is 42.5 Å². The van der Waals surface area contributed by atoms with Gasteiger partial charge in [0, 0.05) is 5.69 Å². The number of carboxylic acid groups (broad SMARTS) is 1. The molecular formula is C20H16N2O3S2. The van der Waals surface area contributed by atoms with Crippen molar-refractivity contribution in [3.63, 3.8) is 0 Å². The van der Waals surface area contributed by atoms with Gasteiger partial charge in [-0.1, -0.05) is 66.5 Å². The molecule has 5 nitrogen and oxygen atoms in total. The minimum Gasteiger partial charge on any atom is -0.478 e. The van der Waals surface area contributed by atoms with E-state index >= 15 is 0 Å². The lowest BCUT2D eigenvalue weighted by molar-refractivity contribution is -0.121. The van der Waals surface area contributed by atoms with Crippen molar-refractivity contribution in [2.24, 2.45) is 0 Å². The molecule has 0 spiro atoms. The van der Waals surface area contributed by atoms with Gasteiger partial charge in [0.1, 0.15) is 4.32 Å². The monoisotopic (exact) mass is 396 g/mol. The number of amides is 1. The number of hydrogen-bond acceptors (Lipinski definition) is 5. The Kier molecular flexibility index (Phi) is 6.05. The number of benzene rings is 2. The minimum atomic E-state index is -0.979. The average Bonchev–Trinajstić information content (AvgIpc) is 2.94. The van der Waals surface area contributed by atoms with Crippen LogP contribution in [0.15, 0.2) is 71.7 Å². The molecule has 0 atom stereocenters. The van der Waals surface area contributed by atoms with Crippen LogP contribution in [0.5, 0.6) is 0 Å². The zero-order chi connectivity index (χ0) is 19.2. The molecule has 7 heteroatoms. The molecule has 0 radical (unpaired) electrons. The minimum absolute atomic E-state index is 0.155. The molecule has 1 heterocycles. The highest BCUT2D eigenvalue weighted by Crippen LogP contribution is 2.30. The SMILES string of the molecule is O=C(O)c1ccc(NCN2C(=O)/C(=C\C=C\c3ccccc3)SC2=S)cc1. The van der Waals surface area contributed by atoms with Crippen LogP contribution in [-0.4, -0.2) is 32.9 Å². The van der Waals surface area contributed by atoms with Crippen molar-refractivity contribution in [2.45, 2.75) is 0 Å². The molecule has 1 amide bonds. The second-order valence-electron chi connectivity index (χ2n) is 5.62. The number of anilines is 1. The standard InChI is InChI=1S/C20H16N2O3S2/c23-18-17(8-4-7-14-5-2-1-3-6-14)27-20(26)22(18)13-21-16-11-9-15(10-12-16)19(24)25/h1-12,21H,13H2,(H,24,25)/b7-4+,17-8+. The van der Waals surface area contributed by atoms with E-state index in [1.54, 1.807) is 18.2 Å². The highest BCUT2D eigenvalue weighted by molar-refractivity contribution is 8.26. The van der Waals surface area contributed by atoms with Crippen molar-refractivity contribution in [1.29, 1.82) is 0 Å². The van der Waals surface area contributed by atoms with Crippen LogP contribution in [0.2, 0.25) is 0 Å². The van der Waals surface area contributed by atoms with E-state index in [9.17, 15) is 9.59 Å². The average molecular weight is 396 g/mol. The molecule has 136 valence electrons. The molecule has 1 saturated heterocycles. The van der Waals surface area contributed by atoms with Gasteiger partial charge in [-0.3, -0.25) is 9.69 Å². The third-order valence-corrected chi connectivity index (χ3v) is 5.18. The molecule has 3 rings (SSSR count). The summed E-state index contributed by atoms with van der Waals surface area (Å²) in [5, 5.41) is 12.0. The predicted molar refractivity (Wildman–Crippen MR) is 112 cm³/mol. The van der Waals surface area contributed by atoms with Crippen LogP contribution >= 0.6 is 24.0 Å². The Bertz CT molecular complexity index is 922. The van der Waals surface area contributed by atoms with Crippen LogP contribution in [0.1, 0.15) is 15.9 Å². The number of carboxylic acids is 1. The third-order valence-electron chi connectivity index (χ3n) is 3.78. The number of thioether (sulfide) groups is 1. The van der Waals surface area contributed by atoms with E-state index in [1.165, 1.54) is 28.8 Å². The molecule has 1 aliphatic rings. The fourth-order valence-corrected chi connectivity index (χ4v) is 3.57. The van der Waals surface area contributed by atoms with E-state index in [0.29, 0.717) is 14.9 Å². The summed E-state index contributed by atoms with van der Waals surface area (Å²) >= 11 is 6.55. The first-order valence-electron chi connectivity index (χ1n) is 8.09. The maximum absolute atomic E-state index is 12.5. The molecule has 2 N–H and O–H groups in total. The summed E-state index contributed by atoms with van der Waals surface area (Å²) in [6.07, 6.45) is 5.52. The maximum atomic E-state index is 12.5. The van der Waals surface area contributed by atoms with Gasteiger partial charge in [0.2, 0.25) is 0 Å². The number of hydrogen-bond donors (Lipinski definition) is 2. The van der Waals surface area contributed by atoms with Crippen molar-refractivity contribution in [3.05, 3.63) is 82.8 Å². The maximum Gasteiger partial charge on any atom is 0.335 e. The Morgan fingerprint density at radius 3 is 2.52 bits per heavy atom. The van der Waals surface area contributed by atoms with E-state index in [-0.39, 0.29) is 18.1 Å². The number of carbonyl (C=O) groups is 2. The molecule has 0 unspecified atom stereocenters. The third kappa shape index (κ3) is 4.84. The van der Waals surface area contributed by atoms with Gasteiger partial charge >= 0.3 is 5.97 Å². The molecule has 0 saturated carbocycles. The van der Waals surface area contributed by atoms with Crippen molar-refractivity contribution < 1.29 is 14.7 Å². The van der Waals surface area contributed by atoms with Gasteiger partial charge in [-0.2, -0.15) is 0 Å². The van der Waals surface area contributed by atoms with E-state index in [0.717, 1.165) is 5.56 Å². The van der Waals surface area contributed by atoms with Crippen LogP contribution in [-0.2, 0) is 4.79 Å². The van der Waals surface area contributed by atoms with Gasteiger partial charge in [0.15, 0.2) is 0 Å². The number of carbonyl (C=O) groups excluding carboxylic acids is 1. The largest absolute Gasteiger partial charge is 0.478 e. The normalized spacial score (nSPS) is 15.7. The predicted octanol–water partition coefficient (Wildman–Crippen LogP) is 4.21. The lowest BCUT2D eigenvalue weighted by atomic mass is 10.2. The zero-order valence-electron chi connectivity index (χ0n) is 14.2. The van der Waals surface area contributed by atoms with E-state index < -0.39 is 5.97 Å². The second kappa shape index (κ2) is 8.66. The number of aromatic carboxylic acids is 1. The number of allylic oxidation sites excluding steroid dienone is 2. The summed E-state index contributed by atoms with van der Waals surface area (Å²) in [5.41, 5.74) is 1.97. The molecule has 0 aromatic heterocycles. The van der Waals surface area contributed by atoms with Crippen LogP contribution in [0, 0.1) is 0 Å². The molecule has 1 aliphatic heterocycles. The Balaban J connectivity index is 1.61. The molecular weight excluding hydrogens is 380 g/mol. The summed E-state index contributed by atoms with van der Waals surface area (Å²) in [4.78, 5) is 25.4. The first-order chi connectivity index (χ1) is 13.0. The first-order valence-corrected chi connectivity index (χ1v) is 9.31. The molecule has 0 aliphatic carbocycles. The van der Waals surface area contributed by atoms with Gasteiger partial charge in [0.05, 0.1) is 17.1 Å². The van der Waals surface area contributed by atoms with Crippen LogP contribution in [0.4, 0.5) is 5.69 Å². The fraction of sp³-hybridized carbons (Fsp3) is 0.0500. The summed E-state index contributed by atoms with van der Waals surface area (Å²) in [7, 11) is 0. The summed E-state index contributed by atoms with van der Waals surface area (Å²) < 4.78 is 0.481. The molecule has 0 bridgehead atoms. The lowest BCUT2D eigenvalue weighted by Gasteiger charge is -2.16. The fourth-order valence-electron chi connectivity index (χ4n) is 2.36. The quantitative estimate of drug-likeness (QED) is 0.563. The molecule has 2 aromatic rings. The Labute approximate surface area is 166 Å².